The summed E-state index contributed by atoms with van der Waals surface area (Å²) in [6.07, 6.45) is 0.470. The molecule has 1 aromatic carbocycles. The van der Waals surface area contributed by atoms with E-state index in [1.54, 1.807) is 17.1 Å². The highest BCUT2D eigenvalue weighted by Gasteiger charge is 2.31. The number of hydrogen-bond donors (Lipinski definition) is 1. The van der Waals surface area contributed by atoms with Crippen LogP contribution in [-0.2, 0) is 11.3 Å². The molecule has 0 aliphatic carbocycles. The summed E-state index contributed by atoms with van der Waals surface area (Å²) in [5, 5.41) is 6.90. The Balaban J connectivity index is 1.56. The van der Waals surface area contributed by atoms with E-state index >= 15 is 0 Å². The van der Waals surface area contributed by atoms with E-state index in [9.17, 15) is 18.0 Å². The van der Waals surface area contributed by atoms with E-state index in [-0.39, 0.29) is 11.3 Å². The molecule has 0 spiro atoms. The fraction of sp³-hybridized carbons (Fsp3) is 0.412. The number of hydrogen-bond acceptors (Lipinski definition) is 4. The van der Waals surface area contributed by atoms with Gasteiger partial charge in [0.2, 0.25) is 0 Å². The number of benzene rings is 1. The molecule has 0 atom stereocenters. The number of alkyl halides is 3. The summed E-state index contributed by atoms with van der Waals surface area (Å²) in [5.41, 5.74) is 0.745. The summed E-state index contributed by atoms with van der Waals surface area (Å²) in [6, 6.07) is 4.72. The number of nitrogens with one attached hydrogen (secondary N) is 1. The van der Waals surface area contributed by atoms with Crippen LogP contribution >= 0.6 is 0 Å². The third kappa shape index (κ3) is 5.22. The zero-order valence-corrected chi connectivity index (χ0v) is 13.8. The van der Waals surface area contributed by atoms with Crippen LogP contribution in [0.25, 0.3) is 0 Å². The molecule has 0 unspecified atom stereocenters. The number of carbonyl (C=O) groups is 1. The summed E-state index contributed by atoms with van der Waals surface area (Å²) in [4.78, 5) is 12.2. The maximum atomic E-state index is 12.2. The quantitative estimate of drug-likeness (QED) is 0.877. The van der Waals surface area contributed by atoms with Crippen LogP contribution in [0, 0.1) is 5.92 Å². The Hall–Kier alpha value is -2.55. The highest BCUT2D eigenvalue weighted by atomic mass is 19.4. The molecule has 0 saturated carbocycles. The molecule has 3 rings (SSSR count). The Morgan fingerprint density at radius 2 is 1.96 bits per heavy atom. The lowest BCUT2D eigenvalue weighted by Crippen LogP contribution is -2.20. The lowest BCUT2D eigenvalue weighted by atomic mass is 10.0. The maximum Gasteiger partial charge on any atom is 0.573 e. The summed E-state index contributed by atoms with van der Waals surface area (Å²) < 4.78 is 47.3. The van der Waals surface area contributed by atoms with E-state index in [0.29, 0.717) is 11.6 Å². The Morgan fingerprint density at radius 1 is 1.27 bits per heavy atom. The summed E-state index contributed by atoms with van der Waals surface area (Å²) in [6.45, 7) is 2.26. The van der Waals surface area contributed by atoms with Crippen LogP contribution in [0.5, 0.6) is 5.75 Å². The molecule has 0 bridgehead atoms. The third-order valence-corrected chi connectivity index (χ3v) is 4.03. The fourth-order valence-electron chi connectivity index (χ4n) is 2.73. The van der Waals surface area contributed by atoms with Gasteiger partial charge in [-0.15, -0.1) is 13.2 Å². The van der Waals surface area contributed by atoms with Crippen LogP contribution in [-0.4, -0.2) is 35.3 Å². The van der Waals surface area contributed by atoms with E-state index in [2.05, 4.69) is 15.2 Å². The first-order valence-corrected chi connectivity index (χ1v) is 8.16. The number of nitrogens with zero attached hydrogens (tertiary/aromatic N) is 2. The second kappa shape index (κ2) is 7.77. The molecule has 1 aromatic heterocycles. The van der Waals surface area contributed by atoms with Gasteiger partial charge in [-0.05, 0) is 43.0 Å². The van der Waals surface area contributed by atoms with Crippen molar-refractivity contribution in [3.8, 4) is 5.75 Å². The number of amides is 1. The van der Waals surface area contributed by atoms with Gasteiger partial charge >= 0.3 is 6.36 Å². The van der Waals surface area contributed by atoms with Gasteiger partial charge in [-0.2, -0.15) is 5.10 Å². The number of carbonyl (C=O) groups excluding carboxylic acids is 1. The van der Waals surface area contributed by atoms with E-state index in [1.165, 1.54) is 12.1 Å². The second-order valence-electron chi connectivity index (χ2n) is 6.03. The van der Waals surface area contributed by atoms with Crippen LogP contribution in [0.1, 0.15) is 23.2 Å². The molecule has 6 nitrogen and oxygen atoms in total. The van der Waals surface area contributed by atoms with Crippen molar-refractivity contribution in [1.82, 2.24) is 9.78 Å². The monoisotopic (exact) mass is 369 g/mol. The molecule has 1 aliphatic rings. The van der Waals surface area contributed by atoms with E-state index < -0.39 is 12.3 Å². The average Bonchev–Trinajstić information content (AvgIpc) is 3.02. The van der Waals surface area contributed by atoms with Gasteiger partial charge in [-0.25, -0.2) is 0 Å². The molecule has 0 radical (unpaired) electrons. The van der Waals surface area contributed by atoms with Gasteiger partial charge in [-0.1, -0.05) is 0 Å². The van der Waals surface area contributed by atoms with Gasteiger partial charge in [-0.3, -0.25) is 9.48 Å². The van der Waals surface area contributed by atoms with E-state index in [4.69, 9.17) is 4.74 Å². The molecule has 1 saturated heterocycles. The molecule has 2 aromatic rings. The minimum absolute atomic E-state index is 0.219. The van der Waals surface area contributed by atoms with Gasteiger partial charge in [0.1, 0.15) is 5.75 Å². The molecule has 1 aliphatic heterocycles. The fourth-order valence-corrected chi connectivity index (χ4v) is 2.73. The van der Waals surface area contributed by atoms with Crippen molar-refractivity contribution in [3.05, 3.63) is 42.2 Å². The number of ether oxygens (including phenoxy) is 2. The molecule has 1 amide bonds. The van der Waals surface area contributed by atoms with Crippen molar-refractivity contribution >= 4 is 11.6 Å². The zero-order valence-electron chi connectivity index (χ0n) is 13.8. The van der Waals surface area contributed by atoms with Crippen molar-refractivity contribution in [2.75, 3.05) is 18.5 Å². The maximum absolute atomic E-state index is 12.2. The lowest BCUT2D eigenvalue weighted by molar-refractivity contribution is -0.274. The highest BCUT2D eigenvalue weighted by Crippen LogP contribution is 2.23. The number of halogens is 3. The summed E-state index contributed by atoms with van der Waals surface area (Å²) in [5.74, 6) is -0.319. The van der Waals surface area contributed by atoms with Crippen molar-refractivity contribution in [2.45, 2.75) is 25.7 Å². The first kappa shape index (κ1) is 18.2. The molecule has 26 heavy (non-hydrogen) atoms. The number of anilines is 1. The van der Waals surface area contributed by atoms with Crippen LogP contribution in [0.4, 0.5) is 18.9 Å². The highest BCUT2D eigenvalue weighted by molar-refractivity contribution is 6.04. The van der Waals surface area contributed by atoms with Crippen molar-refractivity contribution in [1.29, 1.82) is 0 Å². The predicted molar refractivity (Wildman–Crippen MR) is 86.8 cm³/mol. The SMILES string of the molecule is O=C(Nc1cnn(CC2CCOCC2)c1)c1ccc(OC(F)(F)F)cc1. The smallest absolute Gasteiger partial charge is 0.406 e. The minimum atomic E-state index is -4.76. The van der Waals surface area contributed by atoms with Crippen molar-refractivity contribution in [3.63, 3.8) is 0 Å². The van der Waals surface area contributed by atoms with E-state index in [1.807, 2.05) is 0 Å². The van der Waals surface area contributed by atoms with Gasteiger partial charge in [0, 0.05) is 31.5 Å². The lowest BCUT2D eigenvalue weighted by Gasteiger charge is -2.21. The molecular weight excluding hydrogens is 351 g/mol. The third-order valence-electron chi connectivity index (χ3n) is 4.03. The van der Waals surface area contributed by atoms with Gasteiger partial charge in [0.25, 0.3) is 5.91 Å². The van der Waals surface area contributed by atoms with Gasteiger partial charge < -0.3 is 14.8 Å². The second-order valence-corrected chi connectivity index (χ2v) is 6.03. The summed E-state index contributed by atoms with van der Waals surface area (Å²) in [7, 11) is 0. The first-order valence-electron chi connectivity index (χ1n) is 8.16. The average molecular weight is 369 g/mol. The normalized spacial score (nSPS) is 15.7. The predicted octanol–water partition coefficient (Wildman–Crippen LogP) is 3.46. The largest absolute Gasteiger partial charge is 0.573 e. The molecule has 1 fully saturated rings. The molecule has 1 N–H and O–H groups in total. The minimum Gasteiger partial charge on any atom is -0.406 e. The molecule has 9 heteroatoms. The Morgan fingerprint density at radius 3 is 2.62 bits per heavy atom. The van der Waals surface area contributed by atoms with Crippen LogP contribution < -0.4 is 10.1 Å². The molecular formula is C17H18F3N3O3. The van der Waals surface area contributed by atoms with Crippen molar-refractivity contribution < 1.29 is 27.4 Å². The van der Waals surface area contributed by atoms with Crippen LogP contribution in [0.2, 0.25) is 0 Å². The Kier molecular flexibility index (Phi) is 5.46. The number of aromatic nitrogens is 2. The van der Waals surface area contributed by atoms with Crippen LogP contribution in [0.15, 0.2) is 36.7 Å². The van der Waals surface area contributed by atoms with E-state index in [0.717, 1.165) is 44.7 Å². The topological polar surface area (TPSA) is 65.4 Å². The molecule has 2 heterocycles. The standard InChI is InChI=1S/C17H18F3N3O3/c18-17(19,20)26-15-3-1-13(2-4-15)16(24)22-14-9-21-23(11-14)10-12-5-7-25-8-6-12/h1-4,9,11-12H,5-8,10H2,(H,22,24). The van der Waals surface area contributed by atoms with Crippen LogP contribution in [0.3, 0.4) is 0 Å². The zero-order chi connectivity index (χ0) is 18.6. The first-order chi connectivity index (χ1) is 12.4. The van der Waals surface area contributed by atoms with Gasteiger partial charge in [0.15, 0.2) is 0 Å². The Labute approximate surface area is 147 Å². The number of rotatable bonds is 5. The summed E-state index contributed by atoms with van der Waals surface area (Å²) >= 11 is 0. The van der Waals surface area contributed by atoms with Gasteiger partial charge in [0.05, 0.1) is 11.9 Å². The molecule has 140 valence electrons. The van der Waals surface area contributed by atoms with Crippen molar-refractivity contribution in [2.24, 2.45) is 5.92 Å². The Bertz CT molecular complexity index is 738.